The Kier molecular flexibility index (Phi) is 5.42. The number of halogens is 3. The van der Waals surface area contributed by atoms with Gasteiger partial charge in [-0.1, -0.05) is 12.1 Å². The van der Waals surface area contributed by atoms with E-state index in [1.807, 2.05) is 0 Å². The Morgan fingerprint density at radius 2 is 1.86 bits per heavy atom. The molecule has 1 amide bonds. The van der Waals surface area contributed by atoms with Gasteiger partial charge in [-0.25, -0.2) is 0 Å². The number of benzene rings is 1. The van der Waals surface area contributed by atoms with Gasteiger partial charge in [0.2, 0.25) is 5.91 Å². The van der Waals surface area contributed by atoms with Crippen LogP contribution in [0.25, 0.3) is 0 Å². The zero-order valence-electron chi connectivity index (χ0n) is 12.3. The van der Waals surface area contributed by atoms with E-state index in [-0.39, 0.29) is 11.9 Å². The van der Waals surface area contributed by atoms with Crippen LogP contribution in [0.1, 0.15) is 24.1 Å². The number of amides is 1. The number of morpholine rings is 1. The minimum atomic E-state index is -4.34. The van der Waals surface area contributed by atoms with Crippen molar-refractivity contribution in [3.05, 3.63) is 35.4 Å². The third kappa shape index (κ3) is 4.45. The van der Waals surface area contributed by atoms with Gasteiger partial charge in [0.25, 0.3) is 0 Å². The van der Waals surface area contributed by atoms with Gasteiger partial charge in [0.15, 0.2) is 0 Å². The largest absolute Gasteiger partial charge is 0.416 e. The maximum Gasteiger partial charge on any atom is 0.416 e. The van der Waals surface area contributed by atoms with Crippen LogP contribution in [-0.2, 0) is 15.7 Å². The van der Waals surface area contributed by atoms with Crippen LogP contribution in [-0.4, -0.2) is 43.7 Å². The summed E-state index contributed by atoms with van der Waals surface area (Å²) in [4.78, 5) is 13.3. The maximum atomic E-state index is 12.6. The Hall–Kier alpha value is -1.60. The van der Waals surface area contributed by atoms with Crippen molar-refractivity contribution in [1.82, 2.24) is 10.2 Å². The smallest absolute Gasteiger partial charge is 0.379 e. The molecule has 0 bridgehead atoms. The highest BCUT2D eigenvalue weighted by molar-refractivity contribution is 5.72. The molecule has 0 aliphatic carbocycles. The average molecular weight is 316 g/mol. The number of hydrogen-bond donors (Lipinski definition) is 1. The van der Waals surface area contributed by atoms with Gasteiger partial charge < -0.3 is 10.1 Å². The van der Waals surface area contributed by atoms with Crippen LogP contribution in [0.4, 0.5) is 13.2 Å². The molecule has 1 fully saturated rings. The molecule has 0 radical (unpaired) electrons. The minimum Gasteiger partial charge on any atom is -0.379 e. The van der Waals surface area contributed by atoms with Gasteiger partial charge in [0, 0.05) is 26.6 Å². The van der Waals surface area contributed by atoms with E-state index in [1.54, 1.807) is 0 Å². The van der Waals surface area contributed by atoms with Gasteiger partial charge in [-0.3, -0.25) is 9.69 Å². The number of carbonyl (C=O) groups is 1. The second kappa shape index (κ2) is 7.11. The molecule has 1 heterocycles. The lowest BCUT2D eigenvalue weighted by atomic mass is 10.0. The lowest BCUT2D eigenvalue weighted by Crippen LogP contribution is -2.43. The Morgan fingerprint density at radius 3 is 2.36 bits per heavy atom. The Balaban J connectivity index is 2.17. The summed E-state index contributed by atoms with van der Waals surface area (Å²) in [5.41, 5.74) is 0.0835. The summed E-state index contributed by atoms with van der Waals surface area (Å²) in [6.45, 7) is 4.31. The normalized spacial score (nSPS) is 18.0. The number of carbonyl (C=O) groups excluding carboxylic acids is 1. The van der Waals surface area contributed by atoms with Gasteiger partial charge >= 0.3 is 6.18 Å². The van der Waals surface area contributed by atoms with Gasteiger partial charge in [0.05, 0.1) is 24.8 Å². The summed E-state index contributed by atoms with van der Waals surface area (Å²) >= 11 is 0. The topological polar surface area (TPSA) is 41.6 Å². The number of rotatable bonds is 4. The van der Waals surface area contributed by atoms with Crippen molar-refractivity contribution in [3.63, 3.8) is 0 Å². The van der Waals surface area contributed by atoms with Gasteiger partial charge in [-0.2, -0.15) is 13.2 Å². The van der Waals surface area contributed by atoms with E-state index in [0.717, 1.165) is 17.7 Å². The Labute approximate surface area is 127 Å². The van der Waals surface area contributed by atoms with Crippen LogP contribution in [0.5, 0.6) is 0 Å². The lowest BCUT2D eigenvalue weighted by Gasteiger charge is -2.35. The average Bonchev–Trinajstić information content (AvgIpc) is 2.48. The van der Waals surface area contributed by atoms with Crippen LogP contribution in [0.2, 0.25) is 0 Å². The molecule has 1 atom stereocenters. The fourth-order valence-electron chi connectivity index (χ4n) is 2.48. The highest BCUT2D eigenvalue weighted by atomic mass is 19.4. The molecule has 0 saturated carbocycles. The monoisotopic (exact) mass is 316 g/mol. The number of nitrogens with one attached hydrogen (secondary N) is 1. The first-order chi connectivity index (χ1) is 10.4. The van der Waals surface area contributed by atoms with Crippen LogP contribution in [0.15, 0.2) is 24.3 Å². The molecule has 0 aromatic heterocycles. The molecule has 7 heteroatoms. The van der Waals surface area contributed by atoms with E-state index in [0.29, 0.717) is 32.8 Å². The van der Waals surface area contributed by atoms with Crippen LogP contribution in [0.3, 0.4) is 0 Å². The highest BCUT2D eigenvalue weighted by Crippen LogP contribution is 2.30. The summed E-state index contributed by atoms with van der Waals surface area (Å²) in [6, 6.07) is 4.96. The Morgan fingerprint density at radius 1 is 1.27 bits per heavy atom. The second-order valence-corrected chi connectivity index (χ2v) is 5.22. The molecule has 1 N–H and O–H groups in total. The Bertz CT molecular complexity index is 497. The van der Waals surface area contributed by atoms with Crippen molar-refractivity contribution >= 4 is 5.91 Å². The molecule has 0 spiro atoms. The molecule has 122 valence electrons. The highest BCUT2D eigenvalue weighted by Gasteiger charge is 2.31. The van der Waals surface area contributed by atoms with Crippen molar-refractivity contribution in [2.75, 3.05) is 32.8 Å². The van der Waals surface area contributed by atoms with E-state index < -0.39 is 11.7 Å². The molecule has 0 unspecified atom stereocenters. The van der Waals surface area contributed by atoms with Gasteiger partial charge in [-0.05, 0) is 17.7 Å². The summed E-state index contributed by atoms with van der Waals surface area (Å²) in [7, 11) is 0. The van der Waals surface area contributed by atoms with E-state index in [9.17, 15) is 18.0 Å². The molecular weight excluding hydrogens is 297 g/mol. The molecule has 2 rings (SSSR count). The molecular formula is C15H19F3N2O2. The maximum absolute atomic E-state index is 12.6. The molecule has 1 aromatic carbocycles. The molecule has 1 aliphatic heterocycles. The predicted octanol–water partition coefficient (Wildman–Crippen LogP) is 2.21. The zero-order chi connectivity index (χ0) is 16.2. The van der Waals surface area contributed by atoms with Crippen molar-refractivity contribution in [3.8, 4) is 0 Å². The summed E-state index contributed by atoms with van der Waals surface area (Å²) in [6.07, 6.45) is -4.34. The molecule has 4 nitrogen and oxygen atoms in total. The van der Waals surface area contributed by atoms with E-state index in [2.05, 4.69) is 10.2 Å². The number of alkyl halides is 3. The SMILES string of the molecule is CC(=O)NC[C@H](c1ccc(C(F)(F)F)cc1)N1CCOCC1. The van der Waals surface area contributed by atoms with Crippen LogP contribution in [0, 0.1) is 0 Å². The number of ether oxygens (including phenoxy) is 1. The van der Waals surface area contributed by atoms with Crippen molar-refractivity contribution < 1.29 is 22.7 Å². The van der Waals surface area contributed by atoms with Crippen molar-refractivity contribution in [2.45, 2.75) is 19.1 Å². The molecule has 1 saturated heterocycles. The standard InChI is InChI=1S/C15H19F3N2O2/c1-11(21)19-10-14(20-6-8-22-9-7-20)12-2-4-13(5-3-12)15(16,17)18/h2-5,14H,6-10H2,1H3,(H,19,21)/t14-/m1/s1. The first-order valence-corrected chi connectivity index (χ1v) is 7.11. The fraction of sp³-hybridized carbons (Fsp3) is 0.533. The number of hydrogen-bond acceptors (Lipinski definition) is 3. The number of nitrogens with zero attached hydrogens (tertiary/aromatic N) is 1. The van der Waals surface area contributed by atoms with E-state index >= 15 is 0 Å². The van der Waals surface area contributed by atoms with Gasteiger partial charge in [0.1, 0.15) is 0 Å². The van der Waals surface area contributed by atoms with Crippen molar-refractivity contribution in [2.24, 2.45) is 0 Å². The minimum absolute atomic E-state index is 0.157. The first-order valence-electron chi connectivity index (χ1n) is 7.11. The third-order valence-electron chi connectivity index (χ3n) is 3.65. The second-order valence-electron chi connectivity index (χ2n) is 5.22. The summed E-state index contributed by atoms with van der Waals surface area (Å²) in [5, 5.41) is 2.74. The lowest BCUT2D eigenvalue weighted by molar-refractivity contribution is -0.137. The van der Waals surface area contributed by atoms with E-state index in [1.165, 1.54) is 19.1 Å². The van der Waals surface area contributed by atoms with Crippen LogP contribution >= 0.6 is 0 Å². The van der Waals surface area contributed by atoms with E-state index in [4.69, 9.17) is 4.74 Å². The van der Waals surface area contributed by atoms with Gasteiger partial charge in [-0.15, -0.1) is 0 Å². The van der Waals surface area contributed by atoms with Crippen LogP contribution < -0.4 is 5.32 Å². The van der Waals surface area contributed by atoms with Crippen molar-refractivity contribution in [1.29, 1.82) is 0 Å². The molecule has 1 aromatic rings. The first kappa shape index (κ1) is 16.8. The molecule has 1 aliphatic rings. The third-order valence-corrected chi connectivity index (χ3v) is 3.65. The zero-order valence-corrected chi connectivity index (χ0v) is 12.3. The fourth-order valence-corrected chi connectivity index (χ4v) is 2.48. The quantitative estimate of drug-likeness (QED) is 0.926. The summed E-state index contributed by atoms with van der Waals surface area (Å²) in [5.74, 6) is -0.162. The molecule has 22 heavy (non-hydrogen) atoms. The predicted molar refractivity (Wildman–Crippen MR) is 75.3 cm³/mol. The summed E-state index contributed by atoms with van der Waals surface area (Å²) < 4.78 is 43.2.